The Hall–Kier alpha value is -0.610. The minimum Gasteiger partial charge on any atom is -0.369 e. The molecule has 1 fully saturated rings. The van der Waals surface area contributed by atoms with Gasteiger partial charge in [0.15, 0.2) is 0 Å². The Balaban J connectivity index is 2.66. The summed E-state index contributed by atoms with van der Waals surface area (Å²) in [5.41, 5.74) is 4.83. The summed E-state index contributed by atoms with van der Waals surface area (Å²) in [5.74, 6) is -0.0673. The molecule has 1 rings (SSSR count). The first-order valence-electron chi connectivity index (χ1n) is 6.04. The molecule has 1 aliphatic carbocycles. The lowest BCUT2D eigenvalue weighted by Gasteiger charge is -2.39. The van der Waals surface area contributed by atoms with Crippen LogP contribution in [0.4, 0.5) is 0 Å². The van der Waals surface area contributed by atoms with Gasteiger partial charge in [-0.05, 0) is 26.7 Å². The van der Waals surface area contributed by atoms with Crippen LogP contribution >= 0.6 is 0 Å². The van der Waals surface area contributed by atoms with E-state index in [-0.39, 0.29) is 11.4 Å². The molecule has 0 spiro atoms. The third kappa shape index (κ3) is 2.95. The lowest BCUT2D eigenvalue weighted by molar-refractivity contribution is -0.142. The molecule has 0 aromatic heterocycles. The van der Waals surface area contributed by atoms with Crippen molar-refractivity contribution in [2.75, 3.05) is 13.7 Å². The lowest BCUT2D eigenvalue weighted by atomic mass is 9.81. The summed E-state index contributed by atoms with van der Waals surface area (Å²) in [5, 5.41) is 3.08. The zero-order valence-corrected chi connectivity index (χ0v) is 10.6. The largest absolute Gasteiger partial charge is 0.369 e. The van der Waals surface area contributed by atoms with Gasteiger partial charge in [0.25, 0.3) is 5.91 Å². The van der Waals surface area contributed by atoms with E-state index in [0.29, 0.717) is 6.54 Å². The summed E-state index contributed by atoms with van der Waals surface area (Å²) >= 11 is 0. The number of carbonyl (C=O) groups excluding carboxylic acids is 1. The van der Waals surface area contributed by atoms with Crippen LogP contribution in [0.25, 0.3) is 0 Å². The highest BCUT2D eigenvalue weighted by Gasteiger charge is 2.37. The number of nitrogens with two attached hydrogens (primary N) is 1. The number of hydrogen-bond donors (Lipinski definition) is 2. The number of ether oxygens (including phenoxy) is 1. The van der Waals surface area contributed by atoms with E-state index >= 15 is 0 Å². The highest BCUT2D eigenvalue weighted by atomic mass is 16.5. The van der Waals surface area contributed by atoms with Gasteiger partial charge in [0.05, 0.1) is 5.54 Å². The van der Waals surface area contributed by atoms with E-state index in [4.69, 9.17) is 10.5 Å². The highest BCUT2D eigenvalue weighted by molar-refractivity contribution is 5.85. The number of amides is 1. The monoisotopic (exact) mass is 228 g/mol. The Bertz CT molecular complexity index is 245. The maximum Gasteiger partial charge on any atom is 0.252 e. The molecule has 0 radical (unpaired) electrons. The van der Waals surface area contributed by atoms with Gasteiger partial charge in [-0.1, -0.05) is 19.3 Å². The Kier molecular flexibility index (Phi) is 4.33. The maximum atomic E-state index is 12.0. The fourth-order valence-electron chi connectivity index (χ4n) is 2.09. The Labute approximate surface area is 97.9 Å². The fraction of sp³-hybridized carbons (Fsp3) is 0.917. The first kappa shape index (κ1) is 13.5. The molecule has 0 unspecified atom stereocenters. The predicted molar refractivity (Wildman–Crippen MR) is 64.1 cm³/mol. The molecular weight excluding hydrogens is 204 g/mol. The molecule has 4 nitrogen and oxygen atoms in total. The van der Waals surface area contributed by atoms with E-state index in [0.717, 1.165) is 25.7 Å². The smallest absolute Gasteiger partial charge is 0.252 e. The summed E-state index contributed by atoms with van der Waals surface area (Å²) in [6.45, 7) is 4.06. The van der Waals surface area contributed by atoms with Crippen LogP contribution in [0.2, 0.25) is 0 Å². The summed E-state index contributed by atoms with van der Waals surface area (Å²) in [6, 6.07) is 0. The van der Waals surface area contributed by atoms with Crippen LogP contribution in [0.3, 0.4) is 0 Å². The van der Waals surface area contributed by atoms with Crippen LogP contribution in [-0.4, -0.2) is 30.7 Å². The molecule has 0 atom stereocenters. The van der Waals surface area contributed by atoms with Gasteiger partial charge < -0.3 is 15.8 Å². The minimum absolute atomic E-state index is 0.0673. The molecule has 0 bridgehead atoms. The van der Waals surface area contributed by atoms with E-state index in [1.54, 1.807) is 21.0 Å². The quantitative estimate of drug-likeness (QED) is 0.759. The zero-order chi connectivity index (χ0) is 12.2. The van der Waals surface area contributed by atoms with E-state index in [1.165, 1.54) is 6.42 Å². The van der Waals surface area contributed by atoms with Crippen molar-refractivity contribution >= 4 is 5.91 Å². The molecule has 0 aromatic rings. The third-order valence-corrected chi connectivity index (χ3v) is 3.64. The van der Waals surface area contributed by atoms with Gasteiger partial charge in [-0.2, -0.15) is 0 Å². The van der Waals surface area contributed by atoms with Gasteiger partial charge in [0.2, 0.25) is 0 Å². The molecule has 94 valence electrons. The molecular formula is C12H24N2O2. The minimum atomic E-state index is -0.778. The Morgan fingerprint density at radius 3 is 2.38 bits per heavy atom. The fourth-order valence-corrected chi connectivity index (χ4v) is 2.09. The molecule has 0 saturated heterocycles. The Morgan fingerprint density at radius 2 is 1.94 bits per heavy atom. The number of hydrogen-bond acceptors (Lipinski definition) is 3. The van der Waals surface area contributed by atoms with Crippen molar-refractivity contribution in [2.45, 2.75) is 57.1 Å². The maximum absolute atomic E-state index is 12.0. The van der Waals surface area contributed by atoms with Crippen LogP contribution in [0.1, 0.15) is 46.0 Å². The van der Waals surface area contributed by atoms with Crippen LogP contribution in [0.5, 0.6) is 0 Å². The number of carbonyl (C=O) groups is 1. The van der Waals surface area contributed by atoms with Crippen molar-refractivity contribution in [3.63, 3.8) is 0 Å². The molecule has 0 aliphatic heterocycles. The van der Waals surface area contributed by atoms with E-state index < -0.39 is 5.60 Å². The van der Waals surface area contributed by atoms with E-state index in [2.05, 4.69) is 5.32 Å². The van der Waals surface area contributed by atoms with Crippen LogP contribution < -0.4 is 11.1 Å². The molecule has 3 N–H and O–H groups in total. The van der Waals surface area contributed by atoms with Crippen LogP contribution in [0, 0.1) is 0 Å². The summed E-state index contributed by atoms with van der Waals surface area (Å²) in [4.78, 5) is 12.0. The van der Waals surface area contributed by atoms with Crippen molar-refractivity contribution in [1.29, 1.82) is 0 Å². The van der Waals surface area contributed by atoms with Crippen molar-refractivity contribution < 1.29 is 9.53 Å². The average Bonchev–Trinajstić information content (AvgIpc) is 2.30. The second-order valence-corrected chi connectivity index (χ2v) is 5.21. The van der Waals surface area contributed by atoms with Gasteiger partial charge >= 0.3 is 0 Å². The molecule has 1 aliphatic rings. The average molecular weight is 228 g/mol. The van der Waals surface area contributed by atoms with E-state index in [9.17, 15) is 4.79 Å². The highest BCUT2D eigenvalue weighted by Crippen LogP contribution is 2.28. The molecule has 1 saturated carbocycles. The summed E-state index contributed by atoms with van der Waals surface area (Å²) < 4.78 is 5.18. The van der Waals surface area contributed by atoms with Crippen molar-refractivity contribution in [3.8, 4) is 0 Å². The summed E-state index contributed by atoms with van der Waals surface area (Å²) in [6.07, 6.45) is 5.49. The SMILES string of the molecule is COC(C)(C)C(=O)NC1(CN)CCCCC1. The van der Waals surface area contributed by atoms with Gasteiger partial charge in [-0.3, -0.25) is 4.79 Å². The Morgan fingerprint density at radius 1 is 1.38 bits per heavy atom. The molecule has 0 aromatic carbocycles. The standard InChI is InChI=1S/C12H24N2O2/c1-11(2,16-3)10(15)14-12(9-13)7-5-4-6-8-12/h4-9,13H2,1-3H3,(H,14,15). The number of nitrogens with one attached hydrogen (secondary N) is 1. The topological polar surface area (TPSA) is 64.3 Å². The number of rotatable bonds is 4. The van der Waals surface area contributed by atoms with Gasteiger partial charge in [0.1, 0.15) is 5.60 Å². The third-order valence-electron chi connectivity index (χ3n) is 3.64. The summed E-state index contributed by atoms with van der Waals surface area (Å²) in [7, 11) is 1.55. The van der Waals surface area contributed by atoms with E-state index in [1.807, 2.05) is 0 Å². The van der Waals surface area contributed by atoms with Gasteiger partial charge in [-0.15, -0.1) is 0 Å². The van der Waals surface area contributed by atoms with Crippen LogP contribution in [-0.2, 0) is 9.53 Å². The second-order valence-electron chi connectivity index (χ2n) is 5.21. The molecule has 16 heavy (non-hydrogen) atoms. The first-order chi connectivity index (χ1) is 7.46. The number of methoxy groups -OCH3 is 1. The van der Waals surface area contributed by atoms with Crippen molar-refractivity contribution in [3.05, 3.63) is 0 Å². The predicted octanol–water partition coefficient (Wildman–Crippen LogP) is 1.19. The zero-order valence-electron chi connectivity index (χ0n) is 10.6. The van der Waals surface area contributed by atoms with Crippen LogP contribution in [0.15, 0.2) is 0 Å². The van der Waals surface area contributed by atoms with Crippen molar-refractivity contribution in [1.82, 2.24) is 5.32 Å². The van der Waals surface area contributed by atoms with Gasteiger partial charge in [0, 0.05) is 13.7 Å². The van der Waals surface area contributed by atoms with Gasteiger partial charge in [-0.25, -0.2) is 0 Å². The molecule has 4 heteroatoms. The lowest BCUT2D eigenvalue weighted by Crippen LogP contribution is -2.59. The van der Waals surface area contributed by atoms with Crippen molar-refractivity contribution in [2.24, 2.45) is 5.73 Å². The first-order valence-corrected chi connectivity index (χ1v) is 6.04. The second kappa shape index (κ2) is 5.15. The molecule has 1 amide bonds. The normalized spacial score (nSPS) is 20.5. The molecule has 0 heterocycles.